The summed E-state index contributed by atoms with van der Waals surface area (Å²) in [6.07, 6.45) is 5.09. The Morgan fingerprint density at radius 1 is 1.44 bits per heavy atom. The van der Waals surface area contributed by atoms with Crippen LogP contribution in [0, 0.1) is 0 Å². The molecule has 0 unspecified atom stereocenters. The fourth-order valence-electron chi connectivity index (χ4n) is 1.37. The normalized spacial score (nSPS) is 10.1. The van der Waals surface area contributed by atoms with Crippen molar-refractivity contribution in [1.82, 2.24) is 14.8 Å². The number of esters is 1. The summed E-state index contributed by atoms with van der Waals surface area (Å²) in [4.78, 5) is 26.0. The number of nitrogens with zero attached hydrogens (tertiary/aromatic N) is 3. The summed E-state index contributed by atoms with van der Waals surface area (Å²) in [6.45, 7) is 2.05. The zero-order chi connectivity index (χ0) is 13.0. The molecule has 18 heavy (non-hydrogen) atoms. The van der Waals surface area contributed by atoms with E-state index in [1.807, 2.05) is 0 Å². The number of ether oxygens (including phenoxy) is 1. The Morgan fingerprint density at radius 3 is 2.89 bits per heavy atom. The Labute approximate surface area is 103 Å². The predicted molar refractivity (Wildman–Crippen MR) is 62.7 cm³/mol. The lowest BCUT2D eigenvalue weighted by Gasteiger charge is -1.99. The Kier molecular flexibility index (Phi) is 3.47. The van der Waals surface area contributed by atoms with Crippen LogP contribution in [-0.4, -0.2) is 33.6 Å². The Hall–Kier alpha value is -2.50. The number of carbonyl (C=O) groups excluding carboxylic acids is 2. The number of pyridine rings is 1. The molecule has 0 bridgehead atoms. The van der Waals surface area contributed by atoms with E-state index in [0.29, 0.717) is 29.8 Å². The van der Waals surface area contributed by atoms with Crippen molar-refractivity contribution >= 4 is 12.3 Å². The van der Waals surface area contributed by atoms with E-state index in [1.165, 1.54) is 23.3 Å². The first-order chi connectivity index (χ1) is 8.74. The first-order valence-corrected chi connectivity index (χ1v) is 5.38. The molecule has 6 heteroatoms. The second-order valence-electron chi connectivity index (χ2n) is 3.46. The lowest BCUT2D eigenvalue weighted by molar-refractivity contribution is 0.0526. The van der Waals surface area contributed by atoms with Crippen molar-refractivity contribution in [3.05, 3.63) is 41.9 Å². The Morgan fingerprint density at radius 2 is 2.28 bits per heavy atom. The van der Waals surface area contributed by atoms with Crippen LogP contribution >= 0.6 is 0 Å². The van der Waals surface area contributed by atoms with Gasteiger partial charge in [-0.1, -0.05) is 0 Å². The summed E-state index contributed by atoms with van der Waals surface area (Å²) in [5.41, 5.74) is 0.842. The van der Waals surface area contributed by atoms with Gasteiger partial charge in [-0.2, -0.15) is 5.10 Å². The summed E-state index contributed by atoms with van der Waals surface area (Å²) in [6, 6.07) is 3.27. The fourth-order valence-corrected chi connectivity index (χ4v) is 1.37. The molecule has 0 aliphatic rings. The topological polar surface area (TPSA) is 74.1 Å². The van der Waals surface area contributed by atoms with E-state index in [-0.39, 0.29) is 0 Å². The van der Waals surface area contributed by atoms with Gasteiger partial charge in [0.15, 0.2) is 12.1 Å². The maximum atomic E-state index is 11.4. The molecule has 0 aromatic carbocycles. The highest BCUT2D eigenvalue weighted by Crippen LogP contribution is 2.07. The smallest absolute Gasteiger partial charge is 0.341 e. The lowest BCUT2D eigenvalue weighted by Crippen LogP contribution is -2.03. The van der Waals surface area contributed by atoms with Crippen molar-refractivity contribution in [2.45, 2.75) is 6.92 Å². The van der Waals surface area contributed by atoms with E-state index in [2.05, 4.69) is 10.1 Å². The molecule has 0 fully saturated rings. The maximum Gasteiger partial charge on any atom is 0.341 e. The van der Waals surface area contributed by atoms with E-state index in [1.54, 1.807) is 19.1 Å². The number of carbonyl (C=O) groups is 2. The zero-order valence-electron chi connectivity index (χ0n) is 9.74. The minimum Gasteiger partial charge on any atom is -0.462 e. The van der Waals surface area contributed by atoms with E-state index in [4.69, 9.17) is 4.74 Å². The van der Waals surface area contributed by atoms with Crippen LogP contribution < -0.4 is 0 Å². The van der Waals surface area contributed by atoms with Crippen molar-refractivity contribution in [2.75, 3.05) is 6.61 Å². The number of hydrogen-bond donors (Lipinski definition) is 0. The average Bonchev–Trinajstić information content (AvgIpc) is 2.89. The molecular formula is C12H11N3O3. The standard InChI is InChI=1S/C12H11N3O3/c1-2-18-12(17)10-6-14-15(7-10)11-4-3-9(8-16)5-13-11/h3-8H,2H2,1H3. The number of hydrogen-bond acceptors (Lipinski definition) is 5. The van der Waals surface area contributed by atoms with Gasteiger partial charge in [-0.25, -0.2) is 14.5 Å². The SMILES string of the molecule is CCOC(=O)c1cnn(-c2ccc(C=O)cn2)c1. The summed E-state index contributed by atoms with van der Waals surface area (Å²) in [7, 11) is 0. The van der Waals surface area contributed by atoms with Gasteiger partial charge in [0.05, 0.1) is 18.4 Å². The van der Waals surface area contributed by atoms with Crippen LogP contribution in [-0.2, 0) is 4.74 Å². The molecule has 2 rings (SSSR count). The quantitative estimate of drug-likeness (QED) is 0.598. The summed E-state index contributed by atoms with van der Waals surface area (Å²) < 4.78 is 6.30. The first-order valence-electron chi connectivity index (χ1n) is 5.38. The average molecular weight is 245 g/mol. The summed E-state index contributed by atoms with van der Waals surface area (Å²) in [5.74, 6) is 0.101. The van der Waals surface area contributed by atoms with Crippen molar-refractivity contribution in [2.24, 2.45) is 0 Å². The molecule has 0 amide bonds. The van der Waals surface area contributed by atoms with Gasteiger partial charge >= 0.3 is 5.97 Å². The molecule has 0 saturated heterocycles. The van der Waals surface area contributed by atoms with Gasteiger partial charge in [-0.15, -0.1) is 0 Å². The number of rotatable bonds is 4. The largest absolute Gasteiger partial charge is 0.462 e. The van der Waals surface area contributed by atoms with Gasteiger partial charge in [0.1, 0.15) is 0 Å². The molecule has 0 spiro atoms. The van der Waals surface area contributed by atoms with Gasteiger partial charge < -0.3 is 4.74 Å². The van der Waals surface area contributed by atoms with Gasteiger partial charge in [0, 0.05) is 18.0 Å². The molecule has 92 valence electrons. The van der Waals surface area contributed by atoms with Crippen LogP contribution in [0.2, 0.25) is 0 Å². The van der Waals surface area contributed by atoms with Gasteiger partial charge in [0.2, 0.25) is 0 Å². The maximum absolute atomic E-state index is 11.4. The van der Waals surface area contributed by atoms with Gasteiger partial charge in [-0.05, 0) is 19.1 Å². The van der Waals surface area contributed by atoms with Crippen molar-refractivity contribution < 1.29 is 14.3 Å². The zero-order valence-corrected chi connectivity index (χ0v) is 9.74. The Bertz CT molecular complexity index is 560. The molecule has 0 radical (unpaired) electrons. The predicted octanol–water partition coefficient (Wildman–Crippen LogP) is 1.26. The first kappa shape index (κ1) is 12.0. The lowest BCUT2D eigenvalue weighted by atomic mass is 10.3. The minimum atomic E-state index is -0.423. The van der Waals surface area contributed by atoms with Crippen molar-refractivity contribution in [3.8, 4) is 5.82 Å². The summed E-state index contributed by atoms with van der Waals surface area (Å²) >= 11 is 0. The van der Waals surface area contributed by atoms with E-state index < -0.39 is 5.97 Å². The highest BCUT2D eigenvalue weighted by molar-refractivity contribution is 5.88. The second-order valence-corrected chi connectivity index (χ2v) is 3.46. The molecular weight excluding hydrogens is 234 g/mol. The molecule has 2 aromatic rings. The van der Waals surface area contributed by atoms with E-state index >= 15 is 0 Å². The van der Waals surface area contributed by atoms with Crippen LogP contribution in [0.1, 0.15) is 27.6 Å². The molecule has 0 saturated carbocycles. The number of aldehydes is 1. The molecule has 6 nitrogen and oxygen atoms in total. The third kappa shape index (κ3) is 2.42. The van der Waals surface area contributed by atoms with Crippen molar-refractivity contribution in [3.63, 3.8) is 0 Å². The third-order valence-electron chi connectivity index (χ3n) is 2.24. The molecule has 0 aliphatic carbocycles. The summed E-state index contributed by atoms with van der Waals surface area (Å²) in [5, 5.41) is 4.01. The number of aromatic nitrogens is 3. The highest BCUT2D eigenvalue weighted by atomic mass is 16.5. The van der Waals surface area contributed by atoms with Gasteiger partial charge in [0.25, 0.3) is 0 Å². The van der Waals surface area contributed by atoms with E-state index in [9.17, 15) is 9.59 Å². The Balaban J connectivity index is 2.23. The molecule has 2 aromatic heterocycles. The van der Waals surface area contributed by atoms with Gasteiger partial charge in [-0.3, -0.25) is 4.79 Å². The van der Waals surface area contributed by atoms with E-state index in [0.717, 1.165) is 0 Å². The molecule has 2 heterocycles. The van der Waals surface area contributed by atoms with Crippen LogP contribution in [0.5, 0.6) is 0 Å². The monoisotopic (exact) mass is 245 g/mol. The molecule has 0 N–H and O–H groups in total. The van der Waals surface area contributed by atoms with Crippen LogP contribution in [0.4, 0.5) is 0 Å². The molecule has 0 atom stereocenters. The fraction of sp³-hybridized carbons (Fsp3) is 0.167. The van der Waals surface area contributed by atoms with Crippen LogP contribution in [0.15, 0.2) is 30.7 Å². The third-order valence-corrected chi connectivity index (χ3v) is 2.24. The molecule has 0 aliphatic heterocycles. The minimum absolute atomic E-state index is 0.316. The van der Waals surface area contributed by atoms with Crippen molar-refractivity contribution in [1.29, 1.82) is 0 Å². The van der Waals surface area contributed by atoms with Crippen LogP contribution in [0.25, 0.3) is 5.82 Å². The highest BCUT2D eigenvalue weighted by Gasteiger charge is 2.10. The van der Waals surface area contributed by atoms with Crippen LogP contribution in [0.3, 0.4) is 0 Å². The second kappa shape index (κ2) is 5.22.